The number of piperidine rings is 1. The second kappa shape index (κ2) is 8.37. The maximum Gasteiger partial charge on any atom is 0.316 e. The molecule has 1 saturated heterocycles. The lowest BCUT2D eigenvalue weighted by molar-refractivity contribution is -0.144. The second-order valence-electron chi connectivity index (χ2n) is 7.10. The molecule has 146 valence electrons. The number of carbonyl (C=O) groups is 1. The van der Waals surface area contributed by atoms with Crippen molar-refractivity contribution in [1.29, 1.82) is 0 Å². The van der Waals surface area contributed by atoms with E-state index in [9.17, 15) is 4.79 Å². The summed E-state index contributed by atoms with van der Waals surface area (Å²) < 4.78 is 15.4. The molecule has 27 heavy (non-hydrogen) atoms. The molecule has 3 heterocycles. The molecule has 3 rings (SSSR count). The summed E-state index contributed by atoms with van der Waals surface area (Å²) in [5.41, 5.74) is 1.13. The third-order valence-corrected chi connectivity index (χ3v) is 5.07. The van der Waals surface area contributed by atoms with E-state index in [4.69, 9.17) is 14.0 Å². The van der Waals surface area contributed by atoms with Crippen LogP contribution in [0.2, 0.25) is 0 Å². The molecule has 0 aromatic carbocycles. The molecule has 1 aliphatic rings. The third kappa shape index (κ3) is 4.20. The first-order valence-corrected chi connectivity index (χ1v) is 9.18. The molecule has 1 unspecified atom stereocenters. The van der Waals surface area contributed by atoms with E-state index in [-0.39, 0.29) is 11.9 Å². The summed E-state index contributed by atoms with van der Waals surface area (Å²) >= 11 is 0. The van der Waals surface area contributed by atoms with Crippen LogP contribution in [0.15, 0.2) is 23.0 Å². The Hall–Kier alpha value is -2.64. The fourth-order valence-electron chi connectivity index (χ4n) is 3.50. The van der Waals surface area contributed by atoms with Gasteiger partial charge in [0.2, 0.25) is 0 Å². The highest BCUT2D eigenvalue weighted by Gasteiger charge is 2.31. The first-order valence-electron chi connectivity index (χ1n) is 9.18. The molecule has 0 amide bonds. The highest BCUT2D eigenvalue weighted by Crippen LogP contribution is 2.32. The first kappa shape index (κ1) is 19.1. The molecule has 0 bridgehead atoms. The van der Waals surface area contributed by atoms with Gasteiger partial charge in [0.05, 0.1) is 14.2 Å². The maximum absolute atomic E-state index is 12.0. The van der Waals surface area contributed by atoms with E-state index in [0.717, 1.165) is 37.3 Å². The monoisotopic (exact) mass is 374 g/mol. The number of nitrogens with zero attached hydrogens (tertiary/aromatic N) is 4. The average Bonchev–Trinajstić information content (AvgIpc) is 3.17. The minimum Gasteiger partial charge on any atom is -0.468 e. The number of carbonyl (C=O) groups excluding carboxylic acids is 1. The highest BCUT2D eigenvalue weighted by atomic mass is 16.5. The van der Waals surface area contributed by atoms with Gasteiger partial charge in [-0.1, -0.05) is 19.0 Å². The van der Waals surface area contributed by atoms with Gasteiger partial charge in [-0.15, -0.1) is 0 Å². The Kier molecular flexibility index (Phi) is 5.93. The second-order valence-corrected chi connectivity index (χ2v) is 7.10. The Labute approximate surface area is 158 Å². The van der Waals surface area contributed by atoms with E-state index in [1.54, 1.807) is 7.11 Å². The van der Waals surface area contributed by atoms with Crippen LogP contribution >= 0.6 is 0 Å². The summed E-state index contributed by atoms with van der Waals surface area (Å²) in [6, 6.07) is 2.25. The van der Waals surface area contributed by atoms with Crippen LogP contribution in [0.1, 0.15) is 49.8 Å². The molecule has 0 saturated carbocycles. The third-order valence-electron chi connectivity index (χ3n) is 5.07. The molecular formula is C19H26N4O4. The van der Waals surface area contributed by atoms with Crippen LogP contribution in [0.4, 0.5) is 5.82 Å². The zero-order valence-corrected chi connectivity index (χ0v) is 16.2. The standard InChI is InChI=1S/C19H26N4O4/c1-12(2)17(18(24)25-3)15-9-16(22-27-15)23-7-5-13(6-8-23)14-10-20-19(26-4)21-11-14/h9-13,17H,5-8H2,1-4H3. The number of methoxy groups -OCH3 is 2. The van der Waals surface area contributed by atoms with Gasteiger partial charge in [-0.2, -0.15) is 0 Å². The maximum atomic E-state index is 12.0. The number of ether oxygens (including phenoxy) is 2. The predicted molar refractivity (Wildman–Crippen MR) is 98.9 cm³/mol. The van der Waals surface area contributed by atoms with Crippen molar-refractivity contribution in [3.05, 3.63) is 29.8 Å². The van der Waals surface area contributed by atoms with Crippen molar-refractivity contribution in [2.45, 2.75) is 38.5 Å². The summed E-state index contributed by atoms with van der Waals surface area (Å²) in [4.78, 5) is 22.6. The van der Waals surface area contributed by atoms with Crippen LogP contribution in [-0.2, 0) is 9.53 Å². The quantitative estimate of drug-likeness (QED) is 0.713. The van der Waals surface area contributed by atoms with E-state index in [1.807, 2.05) is 32.3 Å². The minimum absolute atomic E-state index is 0.0686. The predicted octanol–water partition coefficient (Wildman–Crippen LogP) is 2.77. The van der Waals surface area contributed by atoms with E-state index < -0.39 is 5.92 Å². The van der Waals surface area contributed by atoms with Crippen molar-refractivity contribution >= 4 is 11.8 Å². The van der Waals surface area contributed by atoms with Crippen molar-refractivity contribution in [2.24, 2.45) is 5.92 Å². The van der Waals surface area contributed by atoms with Gasteiger partial charge < -0.3 is 18.9 Å². The molecule has 8 heteroatoms. The molecule has 0 aliphatic carbocycles. The average molecular weight is 374 g/mol. The van der Waals surface area contributed by atoms with Crippen LogP contribution in [0.5, 0.6) is 6.01 Å². The highest BCUT2D eigenvalue weighted by molar-refractivity contribution is 5.77. The number of aromatic nitrogens is 3. The zero-order chi connectivity index (χ0) is 19.4. The molecular weight excluding hydrogens is 348 g/mol. The summed E-state index contributed by atoms with van der Waals surface area (Å²) in [5, 5.41) is 4.18. The molecule has 1 aliphatic heterocycles. The summed E-state index contributed by atoms with van der Waals surface area (Å²) in [6.45, 7) is 5.64. The lowest BCUT2D eigenvalue weighted by Gasteiger charge is -2.31. The molecule has 0 spiro atoms. The Morgan fingerprint density at radius 1 is 1.22 bits per heavy atom. The lowest BCUT2D eigenvalue weighted by Crippen LogP contribution is -2.33. The number of esters is 1. The van der Waals surface area contributed by atoms with E-state index in [1.165, 1.54) is 7.11 Å². The zero-order valence-electron chi connectivity index (χ0n) is 16.2. The molecule has 2 aromatic rings. The fourth-order valence-corrected chi connectivity index (χ4v) is 3.50. The summed E-state index contributed by atoms with van der Waals surface area (Å²) in [6.07, 6.45) is 5.62. The minimum atomic E-state index is -0.440. The molecule has 1 fully saturated rings. The summed E-state index contributed by atoms with van der Waals surface area (Å²) in [5.74, 6) is 1.06. The molecule has 2 aromatic heterocycles. The lowest BCUT2D eigenvalue weighted by atomic mass is 9.91. The van der Waals surface area contributed by atoms with Gasteiger partial charge in [-0.05, 0) is 30.2 Å². The smallest absolute Gasteiger partial charge is 0.316 e. The van der Waals surface area contributed by atoms with E-state index in [0.29, 0.717) is 17.7 Å². The van der Waals surface area contributed by atoms with Crippen LogP contribution in [0.3, 0.4) is 0 Å². The van der Waals surface area contributed by atoms with Crippen molar-refractivity contribution in [3.63, 3.8) is 0 Å². The number of hydrogen-bond acceptors (Lipinski definition) is 8. The van der Waals surface area contributed by atoms with Gasteiger partial charge >= 0.3 is 12.0 Å². The van der Waals surface area contributed by atoms with E-state index in [2.05, 4.69) is 20.0 Å². The van der Waals surface area contributed by atoms with Gasteiger partial charge in [0.15, 0.2) is 11.6 Å². The number of hydrogen-bond donors (Lipinski definition) is 0. The Morgan fingerprint density at radius 2 is 1.89 bits per heavy atom. The van der Waals surface area contributed by atoms with Gasteiger partial charge in [0.25, 0.3) is 0 Å². The Morgan fingerprint density at radius 3 is 2.44 bits per heavy atom. The van der Waals surface area contributed by atoms with Gasteiger partial charge in [0.1, 0.15) is 5.92 Å². The largest absolute Gasteiger partial charge is 0.468 e. The molecule has 0 radical (unpaired) electrons. The Balaban J connectivity index is 1.64. The topological polar surface area (TPSA) is 90.6 Å². The van der Waals surface area contributed by atoms with Crippen molar-refractivity contribution in [1.82, 2.24) is 15.1 Å². The molecule has 0 N–H and O–H groups in total. The van der Waals surface area contributed by atoms with Gasteiger partial charge in [-0.25, -0.2) is 9.97 Å². The first-order chi connectivity index (χ1) is 13.0. The van der Waals surface area contributed by atoms with Gasteiger partial charge in [-0.3, -0.25) is 4.79 Å². The van der Waals surface area contributed by atoms with E-state index >= 15 is 0 Å². The molecule has 1 atom stereocenters. The van der Waals surface area contributed by atoms with Crippen LogP contribution in [0, 0.1) is 5.92 Å². The van der Waals surface area contributed by atoms with Crippen LogP contribution in [0.25, 0.3) is 0 Å². The van der Waals surface area contributed by atoms with Gasteiger partial charge in [0, 0.05) is 31.5 Å². The fraction of sp³-hybridized carbons (Fsp3) is 0.579. The van der Waals surface area contributed by atoms with Crippen molar-refractivity contribution in [2.75, 3.05) is 32.2 Å². The normalized spacial score (nSPS) is 16.4. The van der Waals surface area contributed by atoms with Crippen LogP contribution in [-0.4, -0.2) is 48.4 Å². The van der Waals surface area contributed by atoms with Crippen molar-refractivity contribution in [3.8, 4) is 6.01 Å². The number of anilines is 1. The summed E-state index contributed by atoms with van der Waals surface area (Å²) in [7, 11) is 2.95. The SMILES string of the molecule is COC(=O)C(c1cc(N2CCC(c3cnc(OC)nc3)CC2)no1)C(C)C. The van der Waals surface area contributed by atoms with Crippen LogP contribution < -0.4 is 9.64 Å². The van der Waals surface area contributed by atoms with Crippen molar-refractivity contribution < 1.29 is 18.8 Å². The molecule has 8 nitrogen and oxygen atoms in total. The Bertz CT molecular complexity index is 751. The number of rotatable bonds is 6.